The molecular formula is C15H14ClNOS. The van der Waals surface area contributed by atoms with Crippen molar-refractivity contribution in [1.82, 2.24) is 0 Å². The summed E-state index contributed by atoms with van der Waals surface area (Å²) >= 11 is 11.1. The minimum Gasteiger partial charge on any atom is -0.489 e. The Morgan fingerprint density at radius 3 is 2.68 bits per heavy atom. The summed E-state index contributed by atoms with van der Waals surface area (Å²) < 4.78 is 5.71. The van der Waals surface area contributed by atoms with Crippen molar-refractivity contribution in [3.63, 3.8) is 0 Å². The Kier molecular flexibility index (Phi) is 4.40. The topological polar surface area (TPSA) is 35.2 Å². The number of benzene rings is 2. The lowest BCUT2D eigenvalue weighted by molar-refractivity contribution is 0.306. The Hall–Kier alpha value is -1.58. The van der Waals surface area contributed by atoms with Crippen LogP contribution >= 0.6 is 23.8 Å². The van der Waals surface area contributed by atoms with E-state index in [1.165, 1.54) is 0 Å². The number of halogens is 1. The molecule has 2 N–H and O–H groups in total. The maximum Gasteiger partial charge on any atom is 0.120 e. The first-order chi connectivity index (χ1) is 9.06. The van der Waals surface area contributed by atoms with Gasteiger partial charge in [-0.1, -0.05) is 48.1 Å². The molecule has 0 fully saturated rings. The van der Waals surface area contributed by atoms with Crippen molar-refractivity contribution in [2.45, 2.75) is 13.5 Å². The standard InChI is InChI=1S/C15H14ClNOS/c1-10-3-2-4-13(7-10)18-9-12-6-5-11(15(17)19)8-14(12)16/h2-8H,9H2,1H3,(H2,17,19). The van der Waals surface area contributed by atoms with E-state index in [0.29, 0.717) is 16.6 Å². The molecule has 19 heavy (non-hydrogen) atoms. The summed E-state index contributed by atoms with van der Waals surface area (Å²) in [5, 5.41) is 0.609. The Morgan fingerprint density at radius 2 is 2.05 bits per heavy atom. The zero-order chi connectivity index (χ0) is 13.8. The van der Waals surface area contributed by atoms with Crippen molar-refractivity contribution >= 4 is 28.8 Å². The van der Waals surface area contributed by atoms with Gasteiger partial charge in [-0.15, -0.1) is 0 Å². The number of rotatable bonds is 4. The van der Waals surface area contributed by atoms with Gasteiger partial charge in [-0.25, -0.2) is 0 Å². The second-order valence-corrected chi connectivity index (χ2v) is 5.12. The van der Waals surface area contributed by atoms with Gasteiger partial charge in [-0.05, 0) is 30.7 Å². The third-order valence-electron chi connectivity index (χ3n) is 2.72. The highest BCUT2D eigenvalue weighted by Crippen LogP contribution is 2.21. The van der Waals surface area contributed by atoms with Gasteiger partial charge in [-0.3, -0.25) is 0 Å². The molecule has 0 radical (unpaired) electrons. The summed E-state index contributed by atoms with van der Waals surface area (Å²) in [6.07, 6.45) is 0. The molecule has 0 aliphatic rings. The summed E-state index contributed by atoms with van der Waals surface area (Å²) in [7, 11) is 0. The van der Waals surface area contributed by atoms with Crippen LogP contribution in [0.4, 0.5) is 0 Å². The van der Waals surface area contributed by atoms with Crippen molar-refractivity contribution in [2.75, 3.05) is 0 Å². The fraction of sp³-hybridized carbons (Fsp3) is 0.133. The van der Waals surface area contributed by atoms with E-state index in [2.05, 4.69) is 0 Å². The quantitative estimate of drug-likeness (QED) is 0.869. The van der Waals surface area contributed by atoms with Gasteiger partial charge in [0.25, 0.3) is 0 Å². The van der Waals surface area contributed by atoms with Crippen LogP contribution in [0.15, 0.2) is 42.5 Å². The van der Waals surface area contributed by atoms with Crippen LogP contribution in [-0.2, 0) is 6.61 Å². The first kappa shape index (κ1) is 13.8. The Morgan fingerprint density at radius 1 is 1.26 bits per heavy atom. The average Bonchev–Trinajstić information content (AvgIpc) is 2.37. The minimum atomic E-state index is 0.341. The van der Waals surface area contributed by atoms with Crippen LogP contribution in [0.25, 0.3) is 0 Å². The number of thiocarbonyl (C=S) groups is 1. The molecule has 0 unspecified atom stereocenters. The van der Waals surface area contributed by atoms with Gasteiger partial charge in [0, 0.05) is 16.1 Å². The molecule has 0 heterocycles. The van der Waals surface area contributed by atoms with E-state index in [4.69, 9.17) is 34.3 Å². The van der Waals surface area contributed by atoms with E-state index in [1.54, 1.807) is 6.07 Å². The van der Waals surface area contributed by atoms with Gasteiger partial charge in [0.2, 0.25) is 0 Å². The summed E-state index contributed by atoms with van der Waals surface area (Å²) in [6, 6.07) is 13.4. The van der Waals surface area contributed by atoms with Gasteiger partial charge in [0.1, 0.15) is 17.3 Å². The van der Waals surface area contributed by atoms with Gasteiger partial charge in [0.15, 0.2) is 0 Å². The van der Waals surface area contributed by atoms with Crippen molar-refractivity contribution < 1.29 is 4.74 Å². The lowest BCUT2D eigenvalue weighted by atomic mass is 10.1. The molecule has 0 spiro atoms. The van der Waals surface area contributed by atoms with Gasteiger partial charge in [-0.2, -0.15) is 0 Å². The highest BCUT2D eigenvalue weighted by atomic mass is 35.5. The van der Waals surface area contributed by atoms with E-state index in [9.17, 15) is 0 Å². The Bertz CT molecular complexity index is 613. The van der Waals surface area contributed by atoms with Crippen molar-refractivity contribution in [3.05, 3.63) is 64.2 Å². The van der Waals surface area contributed by atoms with Gasteiger partial charge in [0.05, 0.1) is 0 Å². The maximum absolute atomic E-state index is 6.18. The summed E-state index contributed by atoms with van der Waals surface area (Å²) in [5.41, 5.74) is 8.38. The zero-order valence-corrected chi connectivity index (χ0v) is 12.1. The van der Waals surface area contributed by atoms with Crippen LogP contribution in [0, 0.1) is 6.92 Å². The number of aryl methyl sites for hydroxylation is 1. The number of hydrogen-bond donors (Lipinski definition) is 1. The molecule has 0 amide bonds. The molecule has 0 atom stereocenters. The van der Waals surface area contributed by atoms with Crippen molar-refractivity contribution in [3.8, 4) is 5.75 Å². The highest BCUT2D eigenvalue weighted by Gasteiger charge is 2.04. The third-order valence-corrected chi connectivity index (χ3v) is 3.31. The van der Waals surface area contributed by atoms with E-state index in [1.807, 2.05) is 43.3 Å². The van der Waals surface area contributed by atoms with E-state index >= 15 is 0 Å². The fourth-order valence-electron chi connectivity index (χ4n) is 1.68. The van der Waals surface area contributed by atoms with E-state index in [0.717, 1.165) is 22.4 Å². The van der Waals surface area contributed by atoms with Crippen LogP contribution < -0.4 is 10.5 Å². The smallest absolute Gasteiger partial charge is 0.120 e. The second kappa shape index (κ2) is 6.04. The number of nitrogens with two attached hydrogens (primary N) is 1. The average molecular weight is 292 g/mol. The monoisotopic (exact) mass is 291 g/mol. The number of hydrogen-bond acceptors (Lipinski definition) is 2. The molecule has 0 saturated carbocycles. The summed E-state index contributed by atoms with van der Waals surface area (Å²) in [4.78, 5) is 0.341. The lowest BCUT2D eigenvalue weighted by Gasteiger charge is -2.09. The molecular weight excluding hydrogens is 278 g/mol. The highest BCUT2D eigenvalue weighted by molar-refractivity contribution is 7.80. The third kappa shape index (κ3) is 3.69. The molecule has 2 aromatic rings. The summed E-state index contributed by atoms with van der Waals surface area (Å²) in [5.74, 6) is 0.828. The Balaban J connectivity index is 2.10. The second-order valence-electron chi connectivity index (χ2n) is 4.28. The molecule has 0 aliphatic heterocycles. The molecule has 0 saturated heterocycles. The van der Waals surface area contributed by atoms with Crippen LogP contribution in [0.3, 0.4) is 0 Å². The van der Waals surface area contributed by atoms with Crippen LogP contribution in [0.1, 0.15) is 16.7 Å². The van der Waals surface area contributed by atoms with Gasteiger partial charge < -0.3 is 10.5 Å². The zero-order valence-electron chi connectivity index (χ0n) is 10.5. The molecule has 0 aromatic heterocycles. The molecule has 0 bridgehead atoms. The van der Waals surface area contributed by atoms with Crippen LogP contribution in [0.5, 0.6) is 5.75 Å². The van der Waals surface area contributed by atoms with Gasteiger partial charge >= 0.3 is 0 Å². The SMILES string of the molecule is Cc1cccc(OCc2ccc(C(N)=S)cc2Cl)c1. The Labute approximate surface area is 123 Å². The first-order valence-electron chi connectivity index (χ1n) is 5.84. The van der Waals surface area contributed by atoms with E-state index < -0.39 is 0 Å². The van der Waals surface area contributed by atoms with Crippen molar-refractivity contribution in [1.29, 1.82) is 0 Å². The van der Waals surface area contributed by atoms with Crippen molar-refractivity contribution in [2.24, 2.45) is 5.73 Å². The number of ether oxygens (including phenoxy) is 1. The maximum atomic E-state index is 6.18. The van der Waals surface area contributed by atoms with Crippen LogP contribution in [0.2, 0.25) is 5.02 Å². The molecule has 2 aromatic carbocycles. The predicted molar refractivity (Wildman–Crippen MR) is 82.9 cm³/mol. The molecule has 4 heteroatoms. The summed E-state index contributed by atoms with van der Waals surface area (Å²) in [6.45, 7) is 2.44. The normalized spacial score (nSPS) is 10.2. The fourth-order valence-corrected chi connectivity index (χ4v) is 2.05. The predicted octanol–water partition coefficient (Wildman–Crippen LogP) is 3.86. The molecule has 2 rings (SSSR count). The lowest BCUT2D eigenvalue weighted by Crippen LogP contribution is -2.09. The first-order valence-corrected chi connectivity index (χ1v) is 6.62. The molecule has 0 aliphatic carbocycles. The largest absolute Gasteiger partial charge is 0.489 e. The van der Waals surface area contributed by atoms with E-state index in [-0.39, 0.29) is 0 Å². The minimum absolute atomic E-state index is 0.341. The molecule has 98 valence electrons. The molecule has 2 nitrogen and oxygen atoms in total. The van der Waals surface area contributed by atoms with Crippen LogP contribution in [-0.4, -0.2) is 4.99 Å².